The summed E-state index contributed by atoms with van der Waals surface area (Å²) in [4.78, 5) is 11.8. The Balaban J connectivity index is 2.51. The van der Waals surface area contributed by atoms with Crippen molar-refractivity contribution in [3.63, 3.8) is 0 Å². The van der Waals surface area contributed by atoms with Crippen LogP contribution in [0.5, 0.6) is 0 Å². The van der Waals surface area contributed by atoms with Crippen LogP contribution in [0.4, 0.5) is 8.78 Å². The lowest BCUT2D eigenvalue weighted by Gasteiger charge is -2.43. The summed E-state index contributed by atoms with van der Waals surface area (Å²) < 4.78 is 24.2. The quantitative estimate of drug-likeness (QED) is 0.760. The van der Waals surface area contributed by atoms with Crippen LogP contribution in [-0.2, 0) is 4.79 Å². The Bertz CT molecular complexity index is 295. The number of carbonyl (C=O) groups is 1. The molecule has 1 aliphatic carbocycles. The average Bonchev–Trinajstić information content (AvgIpc) is 2.32. The molecule has 0 spiro atoms. The second-order valence-electron chi connectivity index (χ2n) is 6.09. The second-order valence-corrected chi connectivity index (χ2v) is 6.09. The first-order chi connectivity index (χ1) is 8.83. The fourth-order valence-electron chi connectivity index (χ4n) is 3.29. The number of hydrogen-bond donors (Lipinski definition) is 1. The summed E-state index contributed by atoms with van der Waals surface area (Å²) in [6.45, 7) is 3.70. The topological polar surface area (TPSA) is 37.3 Å². The number of Topliss-reactive ketones (excluding diaryl/α,β-unsaturated/α-hetero) is 1. The van der Waals surface area contributed by atoms with E-state index in [1.807, 2.05) is 0 Å². The molecule has 1 rings (SSSR count). The Morgan fingerprint density at radius 2 is 1.79 bits per heavy atom. The van der Waals surface area contributed by atoms with Crippen LogP contribution in [0.15, 0.2) is 0 Å². The minimum Gasteiger partial charge on any atom is -0.390 e. The number of ketones is 1. The summed E-state index contributed by atoms with van der Waals surface area (Å²) in [5, 5.41) is 10.4. The van der Waals surface area contributed by atoms with Crippen LogP contribution in [0.3, 0.4) is 0 Å². The molecule has 0 saturated heterocycles. The highest BCUT2D eigenvalue weighted by Crippen LogP contribution is 2.46. The minimum absolute atomic E-state index is 0.144. The van der Waals surface area contributed by atoms with Crippen LogP contribution >= 0.6 is 0 Å². The first kappa shape index (κ1) is 16.5. The van der Waals surface area contributed by atoms with E-state index in [0.29, 0.717) is 38.5 Å². The average molecular weight is 276 g/mol. The van der Waals surface area contributed by atoms with E-state index in [-0.39, 0.29) is 17.6 Å². The molecule has 1 aliphatic rings. The molecule has 0 unspecified atom stereocenters. The van der Waals surface area contributed by atoms with Gasteiger partial charge in [-0.25, -0.2) is 8.78 Å². The number of rotatable bonds is 7. The Kier molecular flexibility index (Phi) is 5.90. The maximum Gasteiger partial charge on any atom is 0.238 e. The SMILES string of the molecule is CCCC1(C(C)=O)CCC(O)(CCCC(F)F)CC1. The molecule has 0 aliphatic heterocycles. The zero-order chi connectivity index (χ0) is 14.5. The molecule has 0 aromatic rings. The molecule has 1 saturated carbocycles. The molecule has 1 fully saturated rings. The van der Waals surface area contributed by atoms with Crippen molar-refractivity contribution in [1.29, 1.82) is 0 Å². The third kappa shape index (κ3) is 4.51. The Hall–Kier alpha value is -0.510. The van der Waals surface area contributed by atoms with Crippen LogP contribution in [-0.4, -0.2) is 22.9 Å². The van der Waals surface area contributed by atoms with Crippen molar-refractivity contribution in [1.82, 2.24) is 0 Å². The third-order valence-corrected chi connectivity index (χ3v) is 4.68. The molecule has 19 heavy (non-hydrogen) atoms. The van der Waals surface area contributed by atoms with E-state index < -0.39 is 12.0 Å². The van der Waals surface area contributed by atoms with Crippen molar-refractivity contribution < 1.29 is 18.7 Å². The van der Waals surface area contributed by atoms with E-state index in [4.69, 9.17) is 0 Å². The standard InChI is InChI=1S/C15H26F2O2/c1-3-6-14(12(2)18)8-10-15(19,11-9-14)7-4-5-13(16)17/h13,19H,3-11H2,1-2H3. The van der Waals surface area contributed by atoms with Crippen molar-refractivity contribution in [3.8, 4) is 0 Å². The van der Waals surface area contributed by atoms with Gasteiger partial charge in [0.05, 0.1) is 5.60 Å². The van der Waals surface area contributed by atoms with E-state index in [1.54, 1.807) is 6.92 Å². The van der Waals surface area contributed by atoms with E-state index in [1.165, 1.54) is 0 Å². The van der Waals surface area contributed by atoms with Gasteiger partial charge < -0.3 is 5.11 Å². The van der Waals surface area contributed by atoms with Gasteiger partial charge in [0.25, 0.3) is 0 Å². The van der Waals surface area contributed by atoms with Gasteiger partial charge in [-0.05, 0) is 51.9 Å². The number of aliphatic hydroxyl groups is 1. The van der Waals surface area contributed by atoms with Crippen LogP contribution in [0.2, 0.25) is 0 Å². The first-order valence-corrected chi connectivity index (χ1v) is 7.35. The fraction of sp³-hybridized carbons (Fsp3) is 0.933. The predicted molar refractivity (Wildman–Crippen MR) is 71.3 cm³/mol. The minimum atomic E-state index is -2.29. The van der Waals surface area contributed by atoms with Crippen LogP contribution in [0.25, 0.3) is 0 Å². The van der Waals surface area contributed by atoms with Gasteiger partial charge in [0.2, 0.25) is 6.43 Å². The lowest BCUT2D eigenvalue weighted by molar-refractivity contribution is -0.133. The van der Waals surface area contributed by atoms with Crippen molar-refractivity contribution in [2.45, 2.75) is 83.7 Å². The summed E-state index contributed by atoms with van der Waals surface area (Å²) in [6, 6.07) is 0. The lowest BCUT2D eigenvalue weighted by Crippen LogP contribution is -2.42. The number of alkyl halides is 2. The van der Waals surface area contributed by atoms with Crippen LogP contribution in [0, 0.1) is 5.41 Å². The van der Waals surface area contributed by atoms with Crippen molar-refractivity contribution in [2.24, 2.45) is 5.41 Å². The van der Waals surface area contributed by atoms with Crippen LogP contribution in [0.1, 0.15) is 71.6 Å². The third-order valence-electron chi connectivity index (χ3n) is 4.68. The molecule has 0 amide bonds. The van der Waals surface area contributed by atoms with Gasteiger partial charge >= 0.3 is 0 Å². The van der Waals surface area contributed by atoms with Gasteiger partial charge in [0.15, 0.2) is 0 Å². The summed E-state index contributed by atoms with van der Waals surface area (Å²) in [7, 11) is 0. The van der Waals surface area contributed by atoms with E-state index in [2.05, 4.69) is 6.92 Å². The zero-order valence-electron chi connectivity index (χ0n) is 12.1. The molecule has 112 valence electrons. The van der Waals surface area contributed by atoms with Gasteiger partial charge in [-0.2, -0.15) is 0 Å². The predicted octanol–water partition coefficient (Wildman–Crippen LogP) is 4.10. The molecule has 0 radical (unpaired) electrons. The fourth-order valence-corrected chi connectivity index (χ4v) is 3.29. The monoisotopic (exact) mass is 276 g/mol. The first-order valence-electron chi connectivity index (χ1n) is 7.35. The molecule has 4 heteroatoms. The van der Waals surface area contributed by atoms with Crippen molar-refractivity contribution in [2.75, 3.05) is 0 Å². The Labute approximate surface area is 114 Å². The molecular weight excluding hydrogens is 250 g/mol. The van der Waals surface area contributed by atoms with Crippen LogP contribution < -0.4 is 0 Å². The van der Waals surface area contributed by atoms with E-state index in [0.717, 1.165) is 12.8 Å². The van der Waals surface area contributed by atoms with Crippen molar-refractivity contribution in [3.05, 3.63) is 0 Å². The summed E-state index contributed by atoms with van der Waals surface area (Å²) in [6.07, 6.45) is 2.71. The maximum absolute atomic E-state index is 12.1. The molecule has 0 aromatic heterocycles. The molecule has 0 aromatic carbocycles. The highest BCUT2D eigenvalue weighted by atomic mass is 19.3. The van der Waals surface area contributed by atoms with Gasteiger partial charge in [0, 0.05) is 11.8 Å². The molecule has 1 N–H and O–H groups in total. The number of halogens is 2. The number of hydrogen-bond acceptors (Lipinski definition) is 2. The van der Waals surface area contributed by atoms with E-state index >= 15 is 0 Å². The van der Waals surface area contributed by atoms with E-state index in [9.17, 15) is 18.7 Å². The van der Waals surface area contributed by atoms with Crippen molar-refractivity contribution >= 4 is 5.78 Å². The van der Waals surface area contributed by atoms with Gasteiger partial charge in [-0.3, -0.25) is 4.79 Å². The van der Waals surface area contributed by atoms with Gasteiger partial charge in [-0.1, -0.05) is 13.3 Å². The molecule has 2 nitrogen and oxygen atoms in total. The second kappa shape index (κ2) is 6.78. The lowest BCUT2D eigenvalue weighted by atomic mass is 9.64. The molecule has 0 heterocycles. The molecule has 0 bridgehead atoms. The largest absolute Gasteiger partial charge is 0.390 e. The maximum atomic E-state index is 12.1. The highest BCUT2D eigenvalue weighted by molar-refractivity contribution is 5.82. The van der Waals surface area contributed by atoms with Gasteiger partial charge in [0.1, 0.15) is 5.78 Å². The highest BCUT2D eigenvalue weighted by Gasteiger charge is 2.43. The summed E-state index contributed by atoms with van der Waals surface area (Å²) >= 11 is 0. The summed E-state index contributed by atoms with van der Waals surface area (Å²) in [5.74, 6) is 0.212. The molecular formula is C15H26F2O2. The summed E-state index contributed by atoms with van der Waals surface area (Å²) in [5.41, 5.74) is -1.11. The smallest absolute Gasteiger partial charge is 0.238 e. The Morgan fingerprint density at radius 1 is 1.21 bits per heavy atom. The molecule has 0 atom stereocenters. The number of carbonyl (C=O) groups excluding carboxylic acids is 1. The Morgan fingerprint density at radius 3 is 2.21 bits per heavy atom. The van der Waals surface area contributed by atoms with Gasteiger partial charge in [-0.15, -0.1) is 0 Å². The zero-order valence-corrected chi connectivity index (χ0v) is 12.1. The normalized spacial score (nSPS) is 31.7.